The molecule has 94 valence electrons. The highest BCUT2D eigenvalue weighted by molar-refractivity contribution is 5.42. The van der Waals surface area contributed by atoms with Crippen LogP contribution in [0.15, 0.2) is 0 Å². The number of methoxy groups -OCH3 is 1. The number of nitrogens with zero attached hydrogens (tertiary/aromatic N) is 2. The minimum Gasteiger partial charge on any atom is -0.383 e. The molecule has 0 spiro atoms. The molecule has 1 fully saturated rings. The molecule has 1 aromatic heterocycles. The quantitative estimate of drug-likeness (QED) is 0.873. The summed E-state index contributed by atoms with van der Waals surface area (Å²) < 4.78 is 5.69. The fourth-order valence-corrected chi connectivity index (χ4v) is 2.72. The molecule has 4 heteroatoms. The Balaban J connectivity index is 2.45. The number of anilines is 1. The number of rotatable bonds is 3. The Bertz CT molecular complexity index is 388. The molecule has 0 bridgehead atoms. The van der Waals surface area contributed by atoms with Crippen molar-refractivity contribution in [1.29, 1.82) is 0 Å². The highest BCUT2D eigenvalue weighted by atomic mass is 16.5. The Labute approximate surface area is 103 Å². The number of hydrogen-bond donors (Lipinski definition) is 1. The predicted molar refractivity (Wildman–Crippen MR) is 67.7 cm³/mol. The van der Waals surface area contributed by atoms with E-state index in [0.29, 0.717) is 5.82 Å². The van der Waals surface area contributed by atoms with Gasteiger partial charge in [0.05, 0.1) is 0 Å². The van der Waals surface area contributed by atoms with Crippen molar-refractivity contribution in [2.75, 3.05) is 12.8 Å². The lowest BCUT2D eigenvalue weighted by Gasteiger charge is -2.26. The zero-order valence-corrected chi connectivity index (χ0v) is 10.9. The summed E-state index contributed by atoms with van der Waals surface area (Å²) in [6, 6.07) is 0. The van der Waals surface area contributed by atoms with Gasteiger partial charge in [-0.2, -0.15) is 0 Å². The van der Waals surface area contributed by atoms with Gasteiger partial charge in [0, 0.05) is 18.4 Å². The number of nitrogens with two attached hydrogens (primary N) is 1. The first-order valence-corrected chi connectivity index (χ1v) is 6.31. The molecule has 2 rings (SSSR count). The van der Waals surface area contributed by atoms with E-state index in [1.165, 1.54) is 12.8 Å². The second kappa shape index (κ2) is 4.61. The lowest BCUT2D eigenvalue weighted by molar-refractivity contribution is -0.0163. The van der Waals surface area contributed by atoms with E-state index in [0.717, 1.165) is 36.3 Å². The second-order valence-electron chi connectivity index (χ2n) is 4.76. The molecule has 1 aliphatic carbocycles. The monoisotopic (exact) mass is 235 g/mol. The standard InChI is InChI=1S/C13H21N3O/c1-4-10-9(2)15-12(16-11(10)14)13(17-3)7-5-6-8-13/h4-8H2,1-3H3,(H2,14,15,16). The molecular formula is C13H21N3O. The van der Waals surface area contributed by atoms with E-state index in [1.807, 2.05) is 6.92 Å². The van der Waals surface area contributed by atoms with Gasteiger partial charge in [0.15, 0.2) is 5.82 Å². The van der Waals surface area contributed by atoms with Crippen LogP contribution in [-0.4, -0.2) is 17.1 Å². The SMILES string of the molecule is CCc1c(C)nc(C2(OC)CCCC2)nc1N. The minimum absolute atomic E-state index is 0.300. The molecule has 4 nitrogen and oxygen atoms in total. The lowest BCUT2D eigenvalue weighted by atomic mass is 10.0. The van der Waals surface area contributed by atoms with Gasteiger partial charge in [-0.3, -0.25) is 0 Å². The minimum atomic E-state index is -0.300. The Morgan fingerprint density at radius 2 is 1.94 bits per heavy atom. The van der Waals surface area contributed by atoms with Crippen molar-refractivity contribution in [1.82, 2.24) is 9.97 Å². The fraction of sp³-hybridized carbons (Fsp3) is 0.692. The van der Waals surface area contributed by atoms with Crippen molar-refractivity contribution < 1.29 is 4.74 Å². The van der Waals surface area contributed by atoms with Crippen molar-refractivity contribution in [2.45, 2.75) is 51.6 Å². The molecule has 0 saturated heterocycles. The number of aromatic nitrogens is 2. The van der Waals surface area contributed by atoms with Crippen LogP contribution < -0.4 is 5.73 Å². The first-order valence-electron chi connectivity index (χ1n) is 6.31. The van der Waals surface area contributed by atoms with Crippen LogP contribution >= 0.6 is 0 Å². The van der Waals surface area contributed by atoms with Crippen molar-refractivity contribution in [3.63, 3.8) is 0 Å². The van der Waals surface area contributed by atoms with E-state index < -0.39 is 0 Å². The summed E-state index contributed by atoms with van der Waals surface area (Å²) in [6.07, 6.45) is 5.21. The molecule has 0 amide bonds. The van der Waals surface area contributed by atoms with Crippen LogP contribution in [0.5, 0.6) is 0 Å². The van der Waals surface area contributed by atoms with Gasteiger partial charge in [-0.1, -0.05) is 6.92 Å². The molecule has 0 aliphatic heterocycles. The van der Waals surface area contributed by atoms with Gasteiger partial charge in [-0.25, -0.2) is 9.97 Å². The first kappa shape index (κ1) is 12.3. The van der Waals surface area contributed by atoms with Crippen molar-refractivity contribution in [3.8, 4) is 0 Å². The maximum absolute atomic E-state index is 6.01. The zero-order valence-electron chi connectivity index (χ0n) is 10.9. The topological polar surface area (TPSA) is 61.0 Å². The Hall–Kier alpha value is -1.16. The third-order valence-electron chi connectivity index (χ3n) is 3.81. The molecule has 0 unspecified atom stereocenters. The molecule has 1 aliphatic rings. The van der Waals surface area contributed by atoms with Gasteiger partial charge >= 0.3 is 0 Å². The van der Waals surface area contributed by atoms with Gasteiger partial charge in [0.1, 0.15) is 11.4 Å². The third-order valence-corrected chi connectivity index (χ3v) is 3.81. The number of hydrogen-bond acceptors (Lipinski definition) is 4. The zero-order chi connectivity index (χ0) is 12.5. The van der Waals surface area contributed by atoms with E-state index in [-0.39, 0.29) is 5.60 Å². The highest BCUT2D eigenvalue weighted by Gasteiger charge is 2.39. The lowest BCUT2D eigenvalue weighted by Crippen LogP contribution is -2.28. The molecular weight excluding hydrogens is 214 g/mol. The second-order valence-corrected chi connectivity index (χ2v) is 4.76. The summed E-state index contributed by atoms with van der Waals surface area (Å²) >= 11 is 0. The summed E-state index contributed by atoms with van der Waals surface area (Å²) in [6.45, 7) is 4.07. The Kier molecular flexibility index (Phi) is 3.33. The van der Waals surface area contributed by atoms with Crippen LogP contribution in [0, 0.1) is 6.92 Å². The normalized spacial score (nSPS) is 18.5. The summed E-state index contributed by atoms with van der Waals surface area (Å²) in [7, 11) is 1.74. The van der Waals surface area contributed by atoms with Crippen molar-refractivity contribution in [3.05, 3.63) is 17.1 Å². The van der Waals surface area contributed by atoms with Gasteiger partial charge in [-0.15, -0.1) is 0 Å². The molecule has 0 radical (unpaired) electrons. The summed E-state index contributed by atoms with van der Waals surface area (Å²) in [5.41, 5.74) is 7.75. The Morgan fingerprint density at radius 1 is 1.29 bits per heavy atom. The van der Waals surface area contributed by atoms with E-state index >= 15 is 0 Å². The van der Waals surface area contributed by atoms with Crippen LogP contribution in [0.1, 0.15) is 49.7 Å². The first-order chi connectivity index (χ1) is 8.13. The smallest absolute Gasteiger partial charge is 0.162 e. The van der Waals surface area contributed by atoms with E-state index in [1.54, 1.807) is 7.11 Å². The maximum atomic E-state index is 6.01. The van der Waals surface area contributed by atoms with Gasteiger partial charge < -0.3 is 10.5 Å². The molecule has 0 aromatic carbocycles. The van der Waals surface area contributed by atoms with Crippen LogP contribution in [-0.2, 0) is 16.8 Å². The van der Waals surface area contributed by atoms with E-state index in [9.17, 15) is 0 Å². The van der Waals surface area contributed by atoms with Gasteiger partial charge in [0.25, 0.3) is 0 Å². The summed E-state index contributed by atoms with van der Waals surface area (Å²) in [5, 5.41) is 0. The van der Waals surface area contributed by atoms with Crippen LogP contribution in [0.25, 0.3) is 0 Å². The number of nitrogen functional groups attached to an aromatic ring is 1. The van der Waals surface area contributed by atoms with Crippen LogP contribution in [0.4, 0.5) is 5.82 Å². The molecule has 1 aromatic rings. The highest BCUT2D eigenvalue weighted by Crippen LogP contribution is 2.40. The Morgan fingerprint density at radius 3 is 2.41 bits per heavy atom. The van der Waals surface area contributed by atoms with Crippen molar-refractivity contribution >= 4 is 5.82 Å². The summed E-state index contributed by atoms with van der Waals surface area (Å²) in [5.74, 6) is 1.38. The van der Waals surface area contributed by atoms with Gasteiger partial charge in [-0.05, 0) is 39.0 Å². The molecule has 2 N–H and O–H groups in total. The van der Waals surface area contributed by atoms with Crippen LogP contribution in [0.3, 0.4) is 0 Å². The molecule has 0 atom stereocenters. The van der Waals surface area contributed by atoms with Crippen LogP contribution in [0.2, 0.25) is 0 Å². The average molecular weight is 235 g/mol. The third kappa shape index (κ3) is 2.02. The van der Waals surface area contributed by atoms with E-state index in [4.69, 9.17) is 10.5 Å². The van der Waals surface area contributed by atoms with E-state index in [2.05, 4.69) is 16.9 Å². The fourth-order valence-electron chi connectivity index (χ4n) is 2.72. The predicted octanol–water partition coefficient (Wildman–Crippen LogP) is 2.35. The maximum Gasteiger partial charge on any atom is 0.162 e. The molecule has 1 saturated carbocycles. The van der Waals surface area contributed by atoms with Gasteiger partial charge in [0.2, 0.25) is 0 Å². The molecule has 17 heavy (non-hydrogen) atoms. The number of aryl methyl sites for hydroxylation is 1. The number of ether oxygens (including phenoxy) is 1. The summed E-state index contributed by atoms with van der Waals surface area (Å²) in [4.78, 5) is 9.09. The largest absolute Gasteiger partial charge is 0.383 e. The molecule has 1 heterocycles. The van der Waals surface area contributed by atoms with Crippen molar-refractivity contribution in [2.24, 2.45) is 0 Å². The average Bonchev–Trinajstić information content (AvgIpc) is 2.78.